The van der Waals surface area contributed by atoms with Crippen LogP contribution >= 0.6 is 11.3 Å². The van der Waals surface area contributed by atoms with Crippen LogP contribution in [-0.4, -0.2) is 24.4 Å². The number of rotatable bonds is 6. The molecule has 0 aliphatic carbocycles. The minimum Gasteiger partial charge on any atom is -0.507 e. The Morgan fingerprint density at radius 2 is 1.64 bits per heavy atom. The lowest BCUT2D eigenvalue weighted by molar-refractivity contribution is 0.102. The first-order chi connectivity index (χ1) is 17.3. The fraction of sp³-hybridized carbons (Fsp3) is 0. The Hall–Kier alpha value is -4.28. The van der Waals surface area contributed by atoms with Crippen molar-refractivity contribution in [1.29, 1.82) is 0 Å². The molecule has 0 spiro atoms. The highest BCUT2D eigenvalue weighted by atomic mass is 32.2. The summed E-state index contributed by atoms with van der Waals surface area (Å²) in [4.78, 5) is 17.5. The number of phenolic OH excluding ortho intramolecular Hbond substituents is 1. The Bertz CT molecular complexity index is 1670. The first kappa shape index (κ1) is 23.5. The molecule has 0 aliphatic heterocycles. The van der Waals surface area contributed by atoms with Gasteiger partial charge in [-0.05, 0) is 66.7 Å². The van der Waals surface area contributed by atoms with E-state index in [1.165, 1.54) is 35.6 Å². The highest BCUT2D eigenvalue weighted by Gasteiger charge is 2.19. The van der Waals surface area contributed by atoms with Crippen molar-refractivity contribution in [2.45, 2.75) is 4.90 Å². The average Bonchev–Trinajstić information content (AvgIpc) is 3.29. The molecule has 0 fully saturated rings. The number of halogens is 1. The van der Waals surface area contributed by atoms with Gasteiger partial charge in [0.05, 0.1) is 31.9 Å². The maximum atomic E-state index is 13.2. The van der Waals surface area contributed by atoms with Gasteiger partial charge in [0.2, 0.25) is 0 Å². The van der Waals surface area contributed by atoms with Gasteiger partial charge >= 0.3 is 0 Å². The summed E-state index contributed by atoms with van der Waals surface area (Å²) >= 11 is 1.41. The highest BCUT2D eigenvalue weighted by Crippen LogP contribution is 2.37. The van der Waals surface area contributed by atoms with E-state index in [-0.39, 0.29) is 21.9 Å². The number of para-hydroxylation sites is 2. The summed E-state index contributed by atoms with van der Waals surface area (Å²) < 4.78 is 42.1. The van der Waals surface area contributed by atoms with Crippen molar-refractivity contribution in [2.75, 3.05) is 10.0 Å². The molecule has 0 unspecified atom stereocenters. The SMILES string of the molecule is O=C(Nc1ccc(O)c(-c2nc3ccccc3s2)c1)c1ccccc1NS(=O)(=O)c1ccc(F)cc1. The van der Waals surface area contributed by atoms with Crippen molar-refractivity contribution in [1.82, 2.24) is 4.98 Å². The van der Waals surface area contributed by atoms with Crippen molar-refractivity contribution < 1.29 is 22.7 Å². The molecule has 7 nitrogen and oxygen atoms in total. The molecule has 1 heterocycles. The van der Waals surface area contributed by atoms with E-state index in [4.69, 9.17) is 0 Å². The van der Waals surface area contributed by atoms with Gasteiger partial charge in [0.25, 0.3) is 15.9 Å². The van der Waals surface area contributed by atoms with Crippen LogP contribution in [0.5, 0.6) is 5.75 Å². The number of benzene rings is 4. The summed E-state index contributed by atoms with van der Waals surface area (Å²) in [6, 6.07) is 22.7. The summed E-state index contributed by atoms with van der Waals surface area (Å²) in [6.45, 7) is 0. The van der Waals surface area contributed by atoms with Crippen LogP contribution in [0.3, 0.4) is 0 Å². The number of amides is 1. The van der Waals surface area contributed by atoms with E-state index < -0.39 is 21.7 Å². The maximum Gasteiger partial charge on any atom is 0.261 e. The second kappa shape index (κ2) is 9.40. The van der Waals surface area contributed by atoms with Gasteiger partial charge in [0.15, 0.2) is 0 Å². The number of carbonyl (C=O) groups excluding carboxylic acids is 1. The predicted octanol–water partition coefficient (Wildman–Crippen LogP) is 5.86. The Morgan fingerprint density at radius 3 is 2.42 bits per heavy atom. The number of nitrogens with one attached hydrogen (secondary N) is 2. The number of phenols is 1. The van der Waals surface area contributed by atoms with E-state index >= 15 is 0 Å². The first-order valence-electron chi connectivity index (χ1n) is 10.7. The third kappa shape index (κ3) is 4.77. The van der Waals surface area contributed by atoms with Crippen LogP contribution in [0.15, 0.2) is 95.9 Å². The van der Waals surface area contributed by atoms with Crippen LogP contribution in [0.1, 0.15) is 10.4 Å². The predicted molar refractivity (Wildman–Crippen MR) is 138 cm³/mol. The molecule has 0 radical (unpaired) electrons. The molecule has 0 atom stereocenters. The van der Waals surface area contributed by atoms with E-state index in [1.54, 1.807) is 18.2 Å². The number of nitrogens with zero attached hydrogens (tertiary/aromatic N) is 1. The summed E-state index contributed by atoms with van der Waals surface area (Å²) in [5.74, 6) is -1.11. The fourth-order valence-corrected chi connectivity index (χ4v) is 5.63. The second-order valence-corrected chi connectivity index (χ2v) is 10.5. The van der Waals surface area contributed by atoms with E-state index in [1.807, 2.05) is 24.3 Å². The molecule has 180 valence electrons. The Kier molecular flexibility index (Phi) is 6.13. The molecule has 0 bridgehead atoms. The molecular weight excluding hydrogens is 501 g/mol. The van der Waals surface area contributed by atoms with E-state index in [2.05, 4.69) is 15.0 Å². The second-order valence-electron chi connectivity index (χ2n) is 7.78. The number of anilines is 2. The first-order valence-corrected chi connectivity index (χ1v) is 13.0. The van der Waals surface area contributed by atoms with Gasteiger partial charge in [-0.25, -0.2) is 17.8 Å². The van der Waals surface area contributed by atoms with Crippen LogP contribution in [0.25, 0.3) is 20.8 Å². The minimum absolute atomic E-state index is 0.0134. The van der Waals surface area contributed by atoms with Crippen LogP contribution in [0.2, 0.25) is 0 Å². The van der Waals surface area contributed by atoms with Gasteiger partial charge in [-0.15, -0.1) is 11.3 Å². The number of hydrogen-bond acceptors (Lipinski definition) is 6. The Balaban J connectivity index is 1.42. The number of hydrogen-bond donors (Lipinski definition) is 3. The molecule has 3 N–H and O–H groups in total. The number of aromatic hydroxyl groups is 1. The van der Waals surface area contributed by atoms with Crippen LogP contribution in [0.4, 0.5) is 15.8 Å². The summed E-state index contributed by atoms with van der Waals surface area (Å²) in [5.41, 5.74) is 1.79. The van der Waals surface area contributed by atoms with Crippen molar-refractivity contribution in [3.05, 3.63) is 102 Å². The Labute approximate surface area is 209 Å². The number of carbonyl (C=O) groups is 1. The van der Waals surface area contributed by atoms with Gasteiger partial charge in [-0.1, -0.05) is 24.3 Å². The zero-order valence-electron chi connectivity index (χ0n) is 18.5. The molecule has 10 heteroatoms. The molecule has 0 saturated heterocycles. The Morgan fingerprint density at radius 1 is 0.917 bits per heavy atom. The van der Waals surface area contributed by atoms with Gasteiger partial charge in [0, 0.05) is 5.69 Å². The lowest BCUT2D eigenvalue weighted by Crippen LogP contribution is -2.18. The zero-order valence-corrected chi connectivity index (χ0v) is 20.1. The van der Waals surface area contributed by atoms with E-state index in [0.29, 0.717) is 16.3 Å². The minimum atomic E-state index is -4.06. The van der Waals surface area contributed by atoms with Gasteiger partial charge < -0.3 is 10.4 Å². The smallest absolute Gasteiger partial charge is 0.261 e. The third-order valence-corrected chi connectivity index (χ3v) is 7.77. The molecule has 1 amide bonds. The zero-order chi connectivity index (χ0) is 25.3. The van der Waals surface area contributed by atoms with Crippen molar-refractivity contribution in [3.8, 4) is 16.3 Å². The summed E-state index contributed by atoms with van der Waals surface area (Å²) in [5, 5.41) is 13.8. The van der Waals surface area contributed by atoms with Crippen molar-refractivity contribution in [2.24, 2.45) is 0 Å². The summed E-state index contributed by atoms with van der Waals surface area (Å²) in [6.07, 6.45) is 0. The standard InChI is InChI=1S/C26H18FN3O4S2/c27-16-9-12-18(13-10-16)36(33,34)30-21-6-2-1-5-19(21)25(32)28-17-11-14-23(31)20(15-17)26-29-22-7-3-4-8-24(22)35-26/h1-15,30-31H,(H,28,32). The molecule has 5 aromatic rings. The third-order valence-electron chi connectivity index (χ3n) is 5.32. The molecule has 1 aromatic heterocycles. The lowest BCUT2D eigenvalue weighted by Gasteiger charge is -2.13. The van der Waals surface area contributed by atoms with Crippen LogP contribution in [0, 0.1) is 5.82 Å². The van der Waals surface area contributed by atoms with Crippen molar-refractivity contribution >= 4 is 48.9 Å². The molecular formula is C26H18FN3O4S2. The van der Waals surface area contributed by atoms with Crippen molar-refractivity contribution in [3.63, 3.8) is 0 Å². The topological polar surface area (TPSA) is 108 Å². The van der Waals surface area contributed by atoms with Crippen LogP contribution in [-0.2, 0) is 10.0 Å². The molecule has 36 heavy (non-hydrogen) atoms. The van der Waals surface area contributed by atoms with Gasteiger partial charge in [0.1, 0.15) is 16.6 Å². The molecule has 5 rings (SSSR count). The number of aromatic nitrogens is 1. The average molecular weight is 520 g/mol. The van der Waals surface area contributed by atoms with Gasteiger partial charge in [-0.3, -0.25) is 9.52 Å². The number of thiazole rings is 1. The summed E-state index contributed by atoms with van der Waals surface area (Å²) in [7, 11) is -4.06. The normalized spacial score (nSPS) is 11.4. The number of sulfonamides is 1. The monoisotopic (exact) mass is 519 g/mol. The maximum absolute atomic E-state index is 13.2. The molecule has 0 saturated carbocycles. The molecule has 4 aromatic carbocycles. The van der Waals surface area contributed by atoms with E-state index in [9.17, 15) is 22.7 Å². The van der Waals surface area contributed by atoms with E-state index in [0.717, 1.165) is 34.5 Å². The van der Waals surface area contributed by atoms with Gasteiger partial charge in [-0.2, -0.15) is 0 Å². The number of fused-ring (bicyclic) bond motifs is 1. The largest absolute Gasteiger partial charge is 0.507 e. The quantitative estimate of drug-likeness (QED) is 0.244. The highest BCUT2D eigenvalue weighted by molar-refractivity contribution is 7.92. The van der Waals surface area contributed by atoms with Crippen LogP contribution < -0.4 is 10.0 Å². The fourth-order valence-electron chi connectivity index (χ4n) is 3.56. The molecule has 0 aliphatic rings. The lowest BCUT2D eigenvalue weighted by atomic mass is 10.1.